The first kappa shape index (κ1) is 23.9. The zero-order valence-corrected chi connectivity index (χ0v) is 14.2. The number of carbonyl (C=O) groups is 3. The van der Waals surface area contributed by atoms with Crippen LogP contribution in [0, 0.1) is 0 Å². The number of halogens is 5. The van der Waals surface area contributed by atoms with Crippen LogP contribution < -0.4 is 11.5 Å². The van der Waals surface area contributed by atoms with E-state index in [0.717, 1.165) is 0 Å². The van der Waals surface area contributed by atoms with Gasteiger partial charge in [-0.05, 0) is 12.1 Å². The standard InChI is InChI=1S/C9H9Cl2NO3.C4H4F3NO3/c10-4-1-5(7(12)3-8(13)14)9(15)6(11)2-4;5-4(6,7)3(10)11-2(9)1-8/h1-2,7,15H,3,12H2,(H,13,14);1,8H2. The van der Waals surface area contributed by atoms with Crippen molar-refractivity contribution in [2.45, 2.75) is 18.6 Å². The number of carboxylic acids is 1. The van der Waals surface area contributed by atoms with Crippen molar-refractivity contribution in [1.29, 1.82) is 0 Å². The highest BCUT2D eigenvalue weighted by Gasteiger charge is 2.42. The van der Waals surface area contributed by atoms with E-state index in [1.165, 1.54) is 12.1 Å². The normalized spacial score (nSPS) is 11.8. The van der Waals surface area contributed by atoms with Crippen LogP contribution in [0.1, 0.15) is 18.0 Å². The highest BCUT2D eigenvalue weighted by Crippen LogP contribution is 2.34. The van der Waals surface area contributed by atoms with Crippen molar-refractivity contribution >= 4 is 41.1 Å². The third-order valence-electron chi connectivity index (χ3n) is 2.46. The Labute approximate surface area is 154 Å². The Morgan fingerprint density at radius 2 is 1.77 bits per heavy atom. The Bertz CT molecular complexity index is 685. The summed E-state index contributed by atoms with van der Waals surface area (Å²) in [5.74, 6) is -5.24. The molecular formula is C13H13Cl2F3N2O6. The molecule has 0 heterocycles. The zero-order chi connectivity index (χ0) is 20.7. The predicted molar refractivity (Wildman–Crippen MR) is 83.5 cm³/mol. The topological polar surface area (TPSA) is 153 Å². The summed E-state index contributed by atoms with van der Waals surface area (Å²) >= 11 is 11.4. The van der Waals surface area contributed by atoms with Crippen LogP contribution >= 0.6 is 23.2 Å². The van der Waals surface area contributed by atoms with Crippen LogP contribution in [0.5, 0.6) is 5.75 Å². The van der Waals surface area contributed by atoms with Crippen LogP contribution in [-0.2, 0) is 19.1 Å². The Hall–Kier alpha value is -2.08. The third kappa shape index (κ3) is 8.34. The summed E-state index contributed by atoms with van der Waals surface area (Å²) in [6, 6.07) is 1.92. The Kier molecular flexibility index (Phi) is 9.35. The Morgan fingerprint density at radius 3 is 2.19 bits per heavy atom. The number of hydrogen-bond donors (Lipinski definition) is 4. The number of hydrogen-bond acceptors (Lipinski definition) is 7. The van der Waals surface area contributed by atoms with Crippen molar-refractivity contribution < 1.29 is 42.5 Å². The van der Waals surface area contributed by atoms with Crippen molar-refractivity contribution in [2.24, 2.45) is 11.5 Å². The molecule has 0 fully saturated rings. The van der Waals surface area contributed by atoms with Gasteiger partial charge in [0.25, 0.3) is 0 Å². The number of carbonyl (C=O) groups excluding carboxylic acids is 2. The maximum atomic E-state index is 11.3. The number of phenolic OH excluding ortho intramolecular Hbond substituents is 1. The van der Waals surface area contributed by atoms with Crippen molar-refractivity contribution in [2.75, 3.05) is 6.54 Å². The molecule has 0 radical (unpaired) electrons. The predicted octanol–water partition coefficient (Wildman–Crippen LogP) is 1.75. The minimum absolute atomic E-state index is 0.0540. The molecule has 6 N–H and O–H groups in total. The zero-order valence-electron chi connectivity index (χ0n) is 12.7. The maximum absolute atomic E-state index is 11.3. The SMILES string of the molecule is NC(CC(=O)O)c1cc(Cl)cc(Cl)c1O.NCC(=O)OC(=O)C(F)(F)F. The van der Waals surface area contributed by atoms with Crippen LogP contribution in [0.3, 0.4) is 0 Å². The van der Waals surface area contributed by atoms with Gasteiger partial charge in [0.2, 0.25) is 0 Å². The van der Waals surface area contributed by atoms with Crippen LogP contribution in [-0.4, -0.2) is 40.8 Å². The lowest BCUT2D eigenvalue weighted by Crippen LogP contribution is -2.30. The first-order valence-electron chi connectivity index (χ1n) is 6.46. The number of phenols is 1. The summed E-state index contributed by atoms with van der Waals surface area (Å²) < 4.78 is 37.1. The largest absolute Gasteiger partial charge is 0.506 e. The molecule has 0 aliphatic heterocycles. The smallest absolute Gasteiger partial charge is 0.491 e. The molecule has 146 valence electrons. The summed E-state index contributed by atoms with van der Waals surface area (Å²) in [4.78, 5) is 30.2. The van der Waals surface area contributed by atoms with Gasteiger partial charge in [0.1, 0.15) is 5.75 Å². The molecule has 1 atom stereocenters. The molecule has 26 heavy (non-hydrogen) atoms. The molecule has 0 amide bonds. The van der Waals surface area contributed by atoms with E-state index >= 15 is 0 Å². The highest BCUT2D eigenvalue weighted by molar-refractivity contribution is 6.35. The average molecular weight is 421 g/mol. The van der Waals surface area contributed by atoms with Gasteiger partial charge in [-0.15, -0.1) is 0 Å². The van der Waals surface area contributed by atoms with Crippen molar-refractivity contribution in [3.63, 3.8) is 0 Å². The van der Waals surface area contributed by atoms with E-state index in [1.807, 2.05) is 0 Å². The number of esters is 2. The van der Waals surface area contributed by atoms with Gasteiger partial charge >= 0.3 is 24.1 Å². The Morgan fingerprint density at radius 1 is 1.23 bits per heavy atom. The first-order valence-corrected chi connectivity index (χ1v) is 7.22. The van der Waals surface area contributed by atoms with Crippen molar-refractivity contribution in [3.8, 4) is 5.75 Å². The van der Waals surface area contributed by atoms with E-state index < -0.39 is 36.7 Å². The number of nitrogens with two attached hydrogens (primary N) is 2. The molecule has 1 aromatic carbocycles. The van der Waals surface area contributed by atoms with E-state index in [2.05, 4.69) is 10.5 Å². The fourth-order valence-electron chi connectivity index (χ4n) is 1.37. The fraction of sp³-hybridized carbons (Fsp3) is 0.308. The van der Waals surface area contributed by atoms with Crippen molar-refractivity contribution in [1.82, 2.24) is 0 Å². The lowest BCUT2D eigenvalue weighted by molar-refractivity contribution is -0.201. The molecule has 0 spiro atoms. The average Bonchev–Trinajstić information content (AvgIpc) is 2.49. The van der Waals surface area contributed by atoms with Gasteiger partial charge in [0.05, 0.1) is 18.0 Å². The van der Waals surface area contributed by atoms with Crippen molar-refractivity contribution in [3.05, 3.63) is 27.7 Å². The number of alkyl halides is 3. The minimum atomic E-state index is -5.15. The number of rotatable bonds is 4. The molecule has 13 heteroatoms. The van der Waals surface area contributed by atoms with Gasteiger partial charge < -0.3 is 26.4 Å². The van der Waals surface area contributed by atoms with Gasteiger partial charge in [-0.1, -0.05) is 23.2 Å². The van der Waals surface area contributed by atoms with Gasteiger partial charge in [-0.25, -0.2) is 4.79 Å². The van der Waals surface area contributed by atoms with E-state index in [-0.39, 0.29) is 22.8 Å². The number of aliphatic carboxylic acids is 1. The van der Waals surface area contributed by atoms with Crippen LogP contribution in [0.2, 0.25) is 10.0 Å². The monoisotopic (exact) mass is 420 g/mol. The molecule has 0 aromatic heterocycles. The molecular weight excluding hydrogens is 408 g/mol. The highest BCUT2D eigenvalue weighted by atomic mass is 35.5. The summed E-state index contributed by atoms with van der Waals surface area (Å²) in [6.45, 7) is -0.762. The summed E-state index contributed by atoms with van der Waals surface area (Å²) in [5, 5.41) is 18.4. The maximum Gasteiger partial charge on any atom is 0.491 e. The molecule has 0 saturated heterocycles. The molecule has 0 aliphatic carbocycles. The van der Waals surface area contributed by atoms with E-state index in [0.29, 0.717) is 5.02 Å². The molecule has 1 rings (SSSR count). The first-order chi connectivity index (χ1) is 11.8. The lowest BCUT2D eigenvalue weighted by atomic mass is 10.0. The second-order valence-electron chi connectivity index (χ2n) is 4.49. The number of benzene rings is 1. The van der Waals surface area contributed by atoms with Gasteiger partial charge in [0, 0.05) is 16.6 Å². The molecule has 1 aromatic rings. The number of ether oxygens (including phenoxy) is 1. The summed E-state index contributed by atoms with van der Waals surface area (Å²) in [5.41, 5.74) is 10.4. The van der Waals surface area contributed by atoms with E-state index in [4.69, 9.17) is 34.0 Å². The third-order valence-corrected chi connectivity index (χ3v) is 2.96. The van der Waals surface area contributed by atoms with E-state index in [1.54, 1.807) is 0 Å². The Balaban J connectivity index is 0.000000508. The summed E-state index contributed by atoms with van der Waals surface area (Å²) in [7, 11) is 0. The van der Waals surface area contributed by atoms with Crippen LogP contribution in [0.4, 0.5) is 13.2 Å². The van der Waals surface area contributed by atoms with Crippen LogP contribution in [0.25, 0.3) is 0 Å². The minimum Gasteiger partial charge on any atom is -0.506 e. The quantitative estimate of drug-likeness (QED) is 0.424. The lowest BCUT2D eigenvalue weighted by Gasteiger charge is -2.12. The molecule has 0 bridgehead atoms. The molecule has 8 nitrogen and oxygen atoms in total. The van der Waals surface area contributed by atoms with Crippen LogP contribution in [0.15, 0.2) is 12.1 Å². The van der Waals surface area contributed by atoms with Gasteiger partial charge in [0.15, 0.2) is 0 Å². The molecule has 1 unspecified atom stereocenters. The van der Waals surface area contributed by atoms with Gasteiger partial charge in [-0.2, -0.15) is 13.2 Å². The molecule has 0 aliphatic rings. The second kappa shape index (κ2) is 10.2. The fourth-order valence-corrected chi connectivity index (χ4v) is 1.88. The number of carboxylic acid groups (broad SMARTS) is 1. The van der Waals surface area contributed by atoms with Gasteiger partial charge in [-0.3, -0.25) is 9.59 Å². The second-order valence-corrected chi connectivity index (χ2v) is 5.34. The molecule has 0 saturated carbocycles. The summed E-state index contributed by atoms with van der Waals surface area (Å²) in [6.07, 6.45) is -5.45. The number of aromatic hydroxyl groups is 1. The van der Waals surface area contributed by atoms with E-state index in [9.17, 15) is 32.7 Å².